The van der Waals surface area contributed by atoms with E-state index in [0.29, 0.717) is 22.7 Å². The zero-order chi connectivity index (χ0) is 22.7. The van der Waals surface area contributed by atoms with Gasteiger partial charge in [-0.2, -0.15) is 9.78 Å². The molecule has 0 aliphatic carbocycles. The van der Waals surface area contributed by atoms with Gasteiger partial charge in [0.05, 0.1) is 15.8 Å². The number of halogens is 2. The van der Waals surface area contributed by atoms with Gasteiger partial charge >= 0.3 is 0 Å². The van der Waals surface area contributed by atoms with Gasteiger partial charge in [0, 0.05) is 5.56 Å². The van der Waals surface area contributed by atoms with Crippen molar-refractivity contribution >= 4 is 40.6 Å². The van der Waals surface area contributed by atoms with Crippen LogP contribution in [0.15, 0.2) is 58.3 Å². The smallest absolute Gasteiger partial charge is 0.294 e. The van der Waals surface area contributed by atoms with E-state index < -0.39 is 5.91 Å². The maximum atomic E-state index is 13.0. The largest absolute Gasteiger partial charge is 0.378 e. The van der Waals surface area contributed by atoms with Crippen LogP contribution < -0.4 is 11.2 Å². The van der Waals surface area contributed by atoms with Crippen LogP contribution in [0.5, 0.6) is 0 Å². The summed E-state index contributed by atoms with van der Waals surface area (Å²) in [5.41, 5.74) is 10.7. The molecule has 0 saturated heterocycles. The molecule has 0 aliphatic heterocycles. The monoisotopic (exact) mass is 470 g/mol. The Morgan fingerprint density at radius 1 is 1.16 bits per heavy atom. The molecule has 0 atom stereocenters. The highest BCUT2D eigenvalue weighted by molar-refractivity contribution is 6.42. The van der Waals surface area contributed by atoms with E-state index >= 15 is 0 Å². The van der Waals surface area contributed by atoms with Crippen molar-refractivity contribution in [2.75, 3.05) is 5.73 Å². The number of carbonyl (C=O) groups is 1. The molecular formula is C20H16Cl2N8O2. The highest BCUT2D eigenvalue weighted by atomic mass is 35.5. The number of nitrogen functional groups attached to an aromatic ring is 1. The van der Waals surface area contributed by atoms with Crippen LogP contribution in [0.4, 0.5) is 5.82 Å². The number of nitrogens with zero attached hydrogens (tertiary/aromatic N) is 6. The summed E-state index contributed by atoms with van der Waals surface area (Å²) >= 11 is 12.2. The average Bonchev–Trinajstić information content (AvgIpc) is 3.42. The third kappa shape index (κ3) is 4.18. The standard InChI is InChI=1S/C20H16Cl2N8O2/c1-2-15(11-6-4-3-5-7-11)24-26-20(31)16-17(12-8-9-13(21)14(22)10-12)30(29-25-16)19-18(23)27-32-28-19/h3-10H,2H2,1H3,(H2,23,27)(H,26,31). The van der Waals surface area contributed by atoms with Crippen LogP contribution in [-0.2, 0) is 0 Å². The second kappa shape index (κ2) is 9.16. The van der Waals surface area contributed by atoms with Crippen molar-refractivity contribution in [1.29, 1.82) is 0 Å². The van der Waals surface area contributed by atoms with Gasteiger partial charge in [0.25, 0.3) is 5.91 Å². The first-order chi connectivity index (χ1) is 15.5. The predicted octanol–water partition coefficient (Wildman–Crippen LogP) is 3.75. The molecule has 4 rings (SSSR count). The Labute approximate surface area is 192 Å². The lowest BCUT2D eigenvalue weighted by Crippen LogP contribution is -2.21. The molecule has 2 heterocycles. The Morgan fingerprint density at radius 3 is 2.59 bits per heavy atom. The van der Waals surface area contributed by atoms with Crippen LogP contribution in [0.3, 0.4) is 0 Å². The summed E-state index contributed by atoms with van der Waals surface area (Å²) in [6, 6.07) is 14.3. The molecular weight excluding hydrogens is 455 g/mol. The van der Waals surface area contributed by atoms with Gasteiger partial charge in [-0.05, 0) is 34.4 Å². The lowest BCUT2D eigenvalue weighted by Gasteiger charge is -2.08. The van der Waals surface area contributed by atoms with Gasteiger partial charge in [-0.15, -0.1) is 5.10 Å². The van der Waals surface area contributed by atoms with E-state index in [-0.39, 0.29) is 28.0 Å². The number of benzene rings is 2. The van der Waals surface area contributed by atoms with Crippen molar-refractivity contribution < 1.29 is 9.42 Å². The SMILES string of the molecule is CCC(=NNC(=O)c1nnn(-c2nonc2N)c1-c1ccc(Cl)c(Cl)c1)c1ccccc1. The molecule has 1 amide bonds. The Hall–Kier alpha value is -3.76. The molecule has 32 heavy (non-hydrogen) atoms. The van der Waals surface area contributed by atoms with Crippen LogP contribution in [-0.4, -0.2) is 36.9 Å². The summed E-state index contributed by atoms with van der Waals surface area (Å²) in [7, 11) is 0. The second-order valence-corrected chi connectivity index (χ2v) is 7.33. The number of hydrazone groups is 1. The van der Waals surface area contributed by atoms with Crippen molar-refractivity contribution in [1.82, 2.24) is 30.7 Å². The summed E-state index contributed by atoms with van der Waals surface area (Å²) in [4.78, 5) is 13.0. The Kier molecular flexibility index (Phi) is 6.15. The number of aromatic nitrogens is 5. The molecule has 12 heteroatoms. The van der Waals surface area contributed by atoms with Crippen molar-refractivity contribution in [2.24, 2.45) is 5.10 Å². The van der Waals surface area contributed by atoms with Crippen LogP contribution >= 0.6 is 23.2 Å². The fourth-order valence-corrected chi connectivity index (χ4v) is 3.27. The summed E-state index contributed by atoms with van der Waals surface area (Å²) in [6.07, 6.45) is 0.609. The second-order valence-electron chi connectivity index (χ2n) is 6.52. The molecule has 0 unspecified atom stereocenters. The summed E-state index contributed by atoms with van der Waals surface area (Å²) in [5.74, 6) is -0.549. The Bertz CT molecular complexity index is 1300. The Morgan fingerprint density at radius 2 is 1.94 bits per heavy atom. The van der Waals surface area contributed by atoms with Gasteiger partial charge in [-0.1, -0.05) is 71.7 Å². The number of nitrogens with two attached hydrogens (primary N) is 1. The number of hydrogen-bond donors (Lipinski definition) is 2. The fourth-order valence-electron chi connectivity index (χ4n) is 2.97. The number of amides is 1. The van der Waals surface area contributed by atoms with Gasteiger partial charge in [0.2, 0.25) is 11.6 Å². The highest BCUT2D eigenvalue weighted by Crippen LogP contribution is 2.31. The van der Waals surface area contributed by atoms with E-state index in [1.165, 1.54) is 4.68 Å². The van der Waals surface area contributed by atoms with E-state index in [0.717, 1.165) is 5.56 Å². The van der Waals surface area contributed by atoms with Gasteiger partial charge in [-0.25, -0.2) is 10.1 Å². The normalized spacial score (nSPS) is 11.5. The molecule has 0 fully saturated rings. The van der Waals surface area contributed by atoms with Gasteiger partial charge in [-0.3, -0.25) is 4.79 Å². The van der Waals surface area contributed by atoms with Gasteiger partial charge in [0.1, 0.15) is 5.69 Å². The van der Waals surface area contributed by atoms with E-state index in [1.807, 2.05) is 37.3 Å². The minimum Gasteiger partial charge on any atom is -0.378 e. The third-order valence-electron chi connectivity index (χ3n) is 4.51. The molecule has 0 aliphatic rings. The third-order valence-corrected chi connectivity index (χ3v) is 5.25. The number of rotatable bonds is 6. The molecule has 2 aromatic carbocycles. The maximum absolute atomic E-state index is 13.0. The minimum atomic E-state index is -0.589. The lowest BCUT2D eigenvalue weighted by atomic mass is 10.1. The molecule has 0 spiro atoms. The number of hydrogen-bond acceptors (Lipinski definition) is 8. The van der Waals surface area contributed by atoms with E-state index in [2.05, 4.69) is 35.8 Å². The minimum absolute atomic E-state index is 0.0291. The van der Waals surface area contributed by atoms with Crippen LogP contribution in [0, 0.1) is 0 Å². The first kappa shape index (κ1) is 21.5. The van der Waals surface area contributed by atoms with Crippen LogP contribution in [0.2, 0.25) is 10.0 Å². The quantitative estimate of drug-likeness (QED) is 0.323. The molecule has 3 N–H and O–H groups in total. The number of anilines is 1. The zero-order valence-electron chi connectivity index (χ0n) is 16.7. The van der Waals surface area contributed by atoms with E-state index in [9.17, 15) is 4.79 Å². The van der Waals surface area contributed by atoms with Crippen LogP contribution in [0.1, 0.15) is 29.4 Å². The molecule has 4 aromatic rings. The van der Waals surface area contributed by atoms with Gasteiger partial charge in [0.15, 0.2) is 5.69 Å². The average molecular weight is 471 g/mol. The molecule has 0 bridgehead atoms. The van der Waals surface area contributed by atoms with Crippen LogP contribution in [0.25, 0.3) is 17.1 Å². The number of carbonyl (C=O) groups excluding carboxylic acids is 1. The summed E-state index contributed by atoms with van der Waals surface area (Å²) in [6.45, 7) is 1.94. The van der Waals surface area contributed by atoms with Gasteiger partial charge < -0.3 is 5.73 Å². The molecule has 162 valence electrons. The fraction of sp³-hybridized carbons (Fsp3) is 0.100. The van der Waals surface area contributed by atoms with E-state index in [1.54, 1.807) is 18.2 Å². The summed E-state index contributed by atoms with van der Waals surface area (Å²) in [5, 5.41) is 20.2. The molecule has 2 aromatic heterocycles. The summed E-state index contributed by atoms with van der Waals surface area (Å²) < 4.78 is 5.90. The zero-order valence-corrected chi connectivity index (χ0v) is 18.2. The molecule has 0 saturated carbocycles. The molecule has 10 nitrogen and oxygen atoms in total. The molecule has 0 radical (unpaired) electrons. The van der Waals surface area contributed by atoms with E-state index in [4.69, 9.17) is 28.9 Å². The van der Waals surface area contributed by atoms with Crippen molar-refractivity contribution in [3.05, 3.63) is 69.8 Å². The van der Waals surface area contributed by atoms with Crippen molar-refractivity contribution in [3.8, 4) is 17.1 Å². The highest BCUT2D eigenvalue weighted by Gasteiger charge is 2.25. The topological polar surface area (TPSA) is 137 Å². The van der Waals surface area contributed by atoms with Crippen molar-refractivity contribution in [2.45, 2.75) is 13.3 Å². The Balaban J connectivity index is 1.76. The number of nitrogens with one attached hydrogen (secondary N) is 1. The lowest BCUT2D eigenvalue weighted by molar-refractivity contribution is 0.0950. The predicted molar refractivity (Wildman–Crippen MR) is 120 cm³/mol. The van der Waals surface area contributed by atoms with Crippen molar-refractivity contribution in [3.63, 3.8) is 0 Å². The first-order valence-electron chi connectivity index (χ1n) is 9.41. The maximum Gasteiger partial charge on any atom is 0.294 e. The first-order valence-corrected chi connectivity index (χ1v) is 10.2.